The van der Waals surface area contributed by atoms with Crippen molar-refractivity contribution in [2.45, 2.75) is 6.92 Å². The average molecular weight is 478 g/mol. The maximum atomic E-state index is 11.1. The fourth-order valence-electron chi connectivity index (χ4n) is 2.93. The molecule has 4 aromatic rings. The minimum absolute atomic E-state index is 0.349. The van der Waals surface area contributed by atoms with Crippen LogP contribution in [0.4, 0.5) is 23.0 Å². The number of fused-ring (bicyclic) bond motifs is 1. The van der Waals surface area contributed by atoms with Crippen LogP contribution >= 0.6 is 11.6 Å². The Morgan fingerprint density at radius 3 is 2.18 bits per heavy atom. The second kappa shape index (κ2) is 10.4. The number of carbonyl (C=O) groups is 1. The van der Waals surface area contributed by atoms with Gasteiger partial charge in [-0.25, -0.2) is 4.99 Å². The third kappa shape index (κ3) is 7.50. The third-order valence-corrected chi connectivity index (χ3v) is 4.42. The van der Waals surface area contributed by atoms with Crippen molar-refractivity contribution in [3.8, 4) is 17.1 Å². The Kier molecular flexibility index (Phi) is 7.55. The summed E-state index contributed by atoms with van der Waals surface area (Å²) < 4.78 is 50.2. The fraction of sp³-hybridized carbons (Fsp3) is 0.0435. The van der Waals surface area contributed by atoms with Crippen molar-refractivity contribution < 1.29 is 36.2 Å². The van der Waals surface area contributed by atoms with E-state index in [2.05, 4.69) is 4.99 Å². The molecule has 0 saturated heterocycles. The molecule has 0 aliphatic heterocycles. The van der Waals surface area contributed by atoms with Gasteiger partial charge in [0.05, 0.1) is 11.5 Å². The van der Waals surface area contributed by atoms with Crippen LogP contribution in [0.1, 0.15) is 6.92 Å². The smallest absolute Gasteiger partial charge is 0.456 e. The van der Waals surface area contributed by atoms with E-state index in [-0.39, 0.29) is 5.97 Å². The Hall–Kier alpha value is -3.59. The molecule has 0 bridgehead atoms. The number of benzene rings is 3. The van der Waals surface area contributed by atoms with Crippen LogP contribution < -0.4 is 15.1 Å². The lowest BCUT2D eigenvalue weighted by molar-refractivity contribution is -0.400. The highest BCUT2D eigenvalue weighted by molar-refractivity contribution is 6.50. The zero-order valence-electron chi connectivity index (χ0n) is 17.2. The quantitative estimate of drug-likeness (QED) is 0.189. The molecule has 4 nitrogen and oxygen atoms in total. The summed E-state index contributed by atoms with van der Waals surface area (Å²) in [4.78, 5) is 14.5. The summed E-state index contributed by atoms with van der Waals surface area (Å²) in [6.07, 6.45) is 0. The molecular weight excluding hydrogens is 461 g/mol. The fourth-order valence-corrected chi connectivity index (χ4v) is 3.11. The van der Waals surface area contributed by atoms with Gasteiger partial charge in [-0.05, 0) is 30.3 Å². The van der Waals surface area contributed by atoms with Crippen molar-refractivity contribution in [2.24, 2.45) is 0 Å². The summed E-state index contributed by atoms with van der Waals surface area (Å²) in [5.41, 5.74) is 2.56. The van der Waals surface area contributed by atoms with E-state index in [0.29, 0.717) is 10.8 Å². The second-order valence-corrected chi connectivity index (χ2v) is 7.21. The monoisotopic (exact) mass is 477 g/mol. The molecule has 0 fully saturated rings. The Morgan fingerprint density at radius 2 is 1.58 bits per heavy atom. The standard InChI is InChI=1S/C23H16ClNO3.BF4/c1-15(26)27-19-10-8-18(9-11-19)25-21-14-23(16-5-3-2-4-6-16)28-22-12-7-17(24)13-20(21)22;2-1(3,4)5/h2-14H,1H3;/q;-1/p+1. The summed E-state index contributed by atoms with van der Waals surface area (Å²) in [5, 5.41) is 2.36. The Balaban J connectivity index is 0.000000555. The van der Waals surface area contributed by atoms with E-state index in [0.717, 1.165) is 33.3 Å². The van der Waals surface area contributed by atoms with Gasteiger partial charge in [-0.15, -0.1) is 0 Å². The molecule has 0 aliphatic carbocycles. The summed E-state index contributed by atoms with van der Waals surface area (Å²) in [5.74, 6) is 0.895. The molecule has 0 saturated carbocycles. The van der Waals surface area contributed by atoms with E-state index >= 15 is 0 Å². The van der Waals surface area contributed by atoms with E-state index < -0.39 is 7.25 Å². The third-order valence-electron chi connectivity index (χ3n) is 4.18. The van der Waals surface area contributed by atoms with Gasteiger partial charge in [0.25, 0.3) is 0 Å². The summed E-state index contributed by atoms with van der Waals surface area (Å²) in [6.45, 7) is 1.38. The minimum atomic E-state index is -6.00. The minimum Gasteiger partial charge on any atom is -0.456 e. The molecule has 1 aromatic heterocycles. The zero-order chi connectivity index (χ0) is 24.0. The molecule has 33 heavy (non-hydrogen) atoms. The van der Waals surface area contributed by atoms with Crippen molar-refractivity contribution in [1.82, 2.24) is 0 Å². The van der Waals surface area contributed by atoms with E-state index in [4.69, 9.17) is 20.8 Å². The van der Waals surface area contributed by atoms with Crippen LogP contribution in [-0.2, 0) is 4.79 Å². The molecule has 0 amide bonds. The predicted molar refractivity (Wildman–Crippen MR) is 118 cm³/mol. The molecule has 3 aromatic carbocycles. The van der Waals surface area contributed by atoms with E-state index in [1.165, 1.54) is 6.92 Å². The molecule has 170 valence electrons. The van der Waals surface area contributed by atoms with Gasteiger partial charge in [-0.1, -0.05) is 41.9 Å². The van der Waals surface area contributed by atoms with Gasteiger partial charge in [-0.2, -0.15) is 0 Å². The molecule has 4 rings (SSSR count). The molecule has 0 unspecified atom stereocenters. The number of ether oxygens (including phenoxy) is 1. The van der Waals surface area contributed by atoms with Gasteiger partial charge in [0.15, 0.2) is 0 Å². The highest BCUT2D eigenvalue weighted by atomic mass is 35.5. The van der Waals surface area contributed by atoms with E-state index in [9.17, 15) is 22.1 Å². The van der Waals surface area contributed by atoms with Crippen molar-refractivity contribution in [3.63, 3.8) is 0 Å². The van der Waals surface area contributed by atoms with Crippen LogP contribution in [-0.4, -0.2) is 13.2 Å². The normalized spacial score (nSPS) is 11.6. The lowest BCUT2D eigenvalue weighted by Gasteiger charge is -2.03. The number of hydrogen-bond acceptors (Lipinski definition) is 3. The lowest BCUT2D eigenvalue weighted by Crippen LogP contribution is -2.70. The first-order valence-corrected chi connectivity index (χ1v) is 10.0. The zero-order valence-corrected chi connectivity index (χ0v) is 18.0. The number of hydrogen-bond donors (Lipinski definition) is 1. The average Bonchev–Trinajstić information content (AvgIpc) is 2.74. The van der Waals surface area contributed by atoms with Gasteiger partial charge in [0.1, 0.15) is 17.1 Å². The number of halogens is 5. The van der Waals surface area contributed by atoms with Crippen LogP contribution in [0.2, 0.25) is 5.02 Å². The lowest BCUT2D eigenvalue weighted by atomic mass is 10.1. The summed E-state index contributed by atoms with van der Waals surface area (Å²) in [7, 11) is -6.00. The Bertz CT molecular complexity index is 1320. The van der Waals surface area contributed by atoms with Crippen LogP contribution in [0, 0.1) is 0 Å². The molecule has 1 heterocycles. The maximum Gasteiger partial charge on any atom is 0.673 e. The van der Waals surface area contributed by atoms with Gasteiger partial charge < -0.3 is 26.4 Å². The Morgan fingerprint density at radius 1 is 0.939 bits per heavy atom. The SMILES string of the molecule is CC(=O)Oc1ccc([NH+]=c2cc(-c3ccccc3)oc3ccc(Cl)cc23)cc1.F[B-](F)(F)F. The van der Waals surface area contributed by atoms with Crippen LogP contribution in [0.15, 0.2) is 83.3 Å². The molecule has 0 aliphatic rings. The van der Waals surface area contributed by atoms with Crippen molar-refractivity contribution in [2.75, 3.05) is 0 Å². The highest BCUT2D eigenvalue weighted by Crippen LogP contribution is 2.23. The second-order valence-electron chi connectivity index (χ2n) is 6.77. The molecule has 10 heteroatoms. The van der Waals surface area contributed by atoms with Crippen molar-refractivity contribution in [3.05, 3.63) is 89.2 Å². The van der Waals surface area contributed by atoms with Crippen LogP contribution in [0.25, 0.3) is 22.3 Å². The predicted octanol–water partition coefficient (Wildman–Crippen LogP) is 5.29. The van der Waals surface area contributed by atoms with Crippen molar-refractivity contribution >= 4 is 41.5 Å². The molecule has 0 radical (unpaired) electrons. The highest BCUT2D eigenvalue weighted by Gasteiger charge is 2.20. The summed E-state index contributed by atoms with van der Waals surface area (Å²) in [6, 6.07) is 24.6. The summed E-state index contributed by atoms with van der Waals surface area (Å²) >= 11 is 6.20. The molecule has 0 spiro atoms. The topological polar surface area (TPSA) is 53.4 Å². The van der Waals surface area contributed by atoms with Crippen molar-refractivity contribution in [1.29, 1.82) is 0 Å². The number of esters is 1. The molecule has 1 N–H and O–H groups in total. The van der Waals surface area contributed by atoms with E-state index in [1.807, 2.05) is 60.7 Å². The van der Waals surface area contributed by atoms with Gasteiger partial charge >= 0.3 is 13.2 Å². The first kappa shape index (κ1) is 24.1. The van der Waals surface area contributed by atoms with Crippen LogP contribution in [0.3, 0.4) is 0 Å². The number of rotatable bonds is 3. The van der Waals surface area contributed by atoms with Gasteiger partial charge in [0.2, 0.25) is 11.0 Å². The van der Waals surface area contributed by atoms with E-state index in [1.54, 1.807) is 18.2 Å². The largest absolute Gasteiger partial charge is 0.673 e. The van der Waals surface area contributed by atoms with Gasteiger partial charge in [0, 0.05) is 29.6 Å². The van der Waals surface area contributed by atoms with Crippen LogP contribution in [0.5, 0.6) is 5.75 Å². The maximum absolute atomic E-state index is 11.1. The number of nitrogens with one attached hydrogen (secondary N) is 1. The van der Waals surface area contributed by atoms with Gasteiger partial charge in [-0.3, -0.25) is 4.79 Å². The first-order chi connectivity index (χ1) is 15.6. The molecular formula is C23H17BClF4NO3. The molecule has 0 atom stereocenters. The first-order valence-electron chi connectivity index (χ1n) is 9.63. The number of carbonyl (C=O) groups excluding carboxylic acids is 1. The Labute approximate surface area is 191 Å².